The second-order valence-electron chi connectivity index (χ2n) is 5.52. The van der Waals surface area contributed by atoms with Crippen molar-refractivity contribution in [3.05, 3.63) is 64.7 Å². The molecule has 1 aliphatic heterocycles. The number of hydrogen-bond acceptors (Lipinski definition) is 2. The standard InChI is InChI=1S/C18H17NO2/c1-12-3-6-14(7-4-12)18(21)19-10-9-17(20)15-11-13(2)5-8-16(15)19/h3-8,11H,9-10H2,1-2H3. The normalized spacial score (nSPS) is 14.0. The van der Waals surface area contributed by atoms with Gasteiger partial charge in [-0.25, -0.2) is 0 Å². The van der Waals surface area contributed by atoms with E-state index in [-0.39, 0.29) is 11.7 Å². The molecule has 0 saturated heterocycles. The summed E-state index contributed by atoms with van der Waals surface area (Å²) in [5.74, 6) is 0.0641. The second-order valence-corrected chi connectivity index (χ2v) is 5.52. The third-order valence-corrected chi connectivity index (χ3v) is 3.85. The first-order chi connectivity index (χ1) is 10.1. The summed E-state index contributed by atoms with van der Waals surface area (Å²) in [7, 11) is 0. The number of ketones is 1. The van der Waals surface area contributed by atoms with Crippen LogP contribution < -0.4 is 4.90 Å². The molecule has 3 heteroatoms. The molecule has 2 aromatic carbocycles. The largest absolute Gasteiger partial charge is 0.307 e. The van der Waals surface area contributed by atoms with Gasteiger partial charge in [0.15, 0.2) is 5.78 Å². The summed E-state index contributed by atoms with van der Waals surface area (Å²) in [5.41, 5.74) is 4.19. The SMILES string of the molecule is Cc1ccc(C(=O)N2CCC(=O)c3cc(C)ccc32)cc1. The van der Waals surface area contributed by atoms with E-state index < -0.39 is 0 Å². The molecule has 3 rings (SSSR count). The number of amides is 1. The first kappa shape index (κ1) is 13.6. The minimum Gasteiger partial charge on any atom is -0.307 e. The van der Waals surface area contributed by atoms with Gasteiger partial charge < -0.3 is 4.90 Å². The lowest BCUT2D eigenvalue weighted by atomic mass is 9.97. The van der Waals surface area contributed by atoms with Gasteiger partial charge in [-0.15, -0.1) is 0 Å². The summed E-state index contributed by atoms with van der Waals surface area (Å²) in [5, 5.41) is 0. The molecule has 0 fully saturated rings. The zero-order chi connectivity index (χ0) is 15.0. The van der Waals surface area contributed by atoms with E-state index in [1.54, 1.807) is 4.90 Å². The van der Waals surface area contributed by atoms with Crippen LogP contribution in [-0.4, -0.2) is 18.2 Å². The average Bonchev–Trinajstić information content (AvgIpc) is 2.48. The van der Waals surface area contributed by atoms with Crippen LogP contribution in [0, 0.1) is 13.8 Å². The molecule has 0 radical (unpaired) electrons. The van der Waals surface area contributed by atoms with Crippen molar-refractivity contribution in [1.82, 2.24) is 0 Å². The van der Waals surface area contributed by atoms with Crippen LogP contribution in [0.15, 0.2) is 42.5 Å². The van der Waals surface area contributed by atoms with Crippen molar-refractivity contribution in [2.75, 3.05) is 11.4 Å². The Kier molecular flexibility index (Phi) is 3.34. The molecule has 1 amide bonds. The van der Waals surface area contributed by atoms with E-state index in [1.165, 1.54) is 0 Å². The lowest BCUT2D eigenvalue weighted by molar-refractivity contribution is 0.0955. The van der Waals surface area contributed by atoms with Gasteiger partial charge in [0.1, 0.15) is 0 Å². The number of anilines is 1. The fourth-order valence-electron chi connectivity index (χ4n) is 2.64. The Hall–Kier alpha value is -2.42. The monoisotopic (exact) mass is 279 g/mol. The molecule has 0 aromatic heterocycles. The van der Waals surface area contributed by atoms with Gasteiger partial charge in [0, 0.05) is 24.1 Å². The Labute approximate surface area is 124 Å². The summed E-state index contributed by atoms with van der Waals surface area (Å²) >= 11 is 0. The number of fused-ring (bicyclic) bond motifs is 1. The molecule has 0 atom stereocenters. The number of carbonyl (C=O) groups excluding carboxylic acids is 2. The van der Waals surface area contributed by atoms with Gasteiger partial charge in [-0.1, -0.05) is 29.3 Å². The van der Waals surface area contributed by atoms with Crippen LogP contribution in [0.2, 0.25) is 0 Å². The quantitative estimate of drug-likeness (QED) is 0.800. The molecule has 21 heavy (non-hydrogen) atoms. The number of benzene rings is 2. The van der Waals surface area contributed by atoms with Crippen LogP contribution in [0.25, 0.3) is 0 Å². The van der Waals surface area contributed by atoms with Gasteiger partial charge in [0.2, 0.25) is 0 Å². The van der Waals surface area contributed by atoms with Gasteiger partial charge in [-0.2, -0.15) is 0 Å². The molecular formula is C18H17NO2. The predicted octanol–water partition coefficient (Wildman–Crippen LogP) is 3.54. The minimum atomic E-state index is -0.0485. The maximum absolute atomic E-state index is 12.7. The molecule has 0 aliphatic carbocycles. The van der Waals surface area contributed by atoms with E-state index in [2.05, 4.69) is 0 Å². The van der Waals surface area contributed by atoms with Crippen molar-refractivity contribution in [2.24, 2.45) is 0 Å². The maximum atomic E-state index is 12.7. The second kappa shape index (κ2) is 5.17. The van der Waals surface area contributed by atoms with E-state index in [0.29, 0.717) is 24.1 Å². The highest BCUT2D eigenvalue weighted by Gasteiger charge is 2.27. The van der Waals surface area contributed by atoms with Gasteiger partial charge in [0.25, 0.3) is 5.91 Å². The van der Waals surface area contributed by atoms with Crippen LogP contribution in [-0.2, 0) is 0 Å². The molecule has 0 N–H and O–H groups in total. The fourth-order valence-corrected chi connectivity index (χ4v) is 2.64. The van der Waals surface area contributed by atoms with Crippen LogP contribution in [0.1, 0.15) is 38.3 Å². The van der Waals surface area contributed by atoms with Crippen molar-refractivity contribution in [3.63, 3.8) is 0 Å². The number of rotatable bonds is 1. The Morgan fingerprint density at radius 2 is 1.67 bits per heavy atom. The summed E-state index contributed by atoms with van der Waals surface area (Å²) < 4.78 is 0. The number of carbonyl (C=O) groups is 2. The van der Waals surface area contributed by atoms with Gasteiger partial charge in [-0.05, 0) is 38.1 Å². The average molecular weight is 279 g/mol. The molecule has 0 unspecified atom stereocenters. The van der Waals surface area contributed by atoms with Gasteiger partial charge in [0.05, 0.1) is 5.69 Å². The molecule has 1 aliphatic rings. The number of nitrogens with zero attached hydrogens (tertiary/aromatic N) is 1. The lowest BCUT2D eigenvalue weighted by Gasteiger charge is -2.29. The van der Waals surface area contributed by atoms with Crippen molar-refractivity contribution in [1.29, 1.82) is 0 Å². The molecule has 0 spiro atoms. The molecular weight excluding hydrogens is 262 g/mol. The fraction of sp³-hybridized carbons (Fsp3) is 0.222. The third-order valence-electron chi connectivity index (χ3n) is 3.85. The molecule has 3 nitrogen and oxygen atoms in total. The number of aryl methyl sites for hydroxylation is 2. The molecule has 2 aromatic rings. The highest BCUT2D eigenvalue weighted by Crippen LogP contribution is 2.29. The van der Waals surface area contributed by atoms with E-state index in [0.717, 1.165) is 16.8 Å². The topological polar surface area (TPSA) is 37.4 Å². The smallest absolute Gasteiger partial charge is 0.258 e. The summed E-state index contributed by atoms with van der Waals surface area (Å²) in [4.78, 5) is 26.4. The van der Waals surface area contributed by atoms with E-state index >= 15 is 0 Å². The van der Waals surface area contributed by atoms with Crippen molar-refractivity contribution in [3.8, 4) is 0 Å². The third kappa shape index (κ3) is 2.47. The summed E-state index contributed by atoms with van der Waals surface area (Å²) in [6.07, 6.45) is 0.383. The number of hydrogen-bond donors (Lipinski definition) is 0. The van der Waals surface area contributed by atoms with Crippen LogP contribution in [0.3, 0.4) is 0 Å². The number of Topliss-reactive ketones (excluding diaryl/α,β-unsaturated/α-hetero) is 1. The van der Waals surface area contributed by atoms with E-state index in [1.807, 2.05) is 56.3 Å². The van der Waals surface area contributed by atoms with Crippen molar-refractivity contribution >= 4 is 17.4 Å². The summed E-state index contributed by atoms with van der Waals surface area (Å²) in [6, 6.07) is 13.2. The lowest BCUT2D eigenvalue weighted by Crippen LogP contribution is -2.37. The zero-order valence-electron chi connectivity index (χ0n) is 12.2. The first-order valence-corrected chi connectivity index (χ1v) is 7.08. The predicted molar refractivity (Wildman–Crippen MR) is 83.0 cm³/mol. The van der Waals surface area contributed by atoms with Crippen LogP contribution >= 0.6 is 0 Å². The zero-order valence-corrected chi connectivity index (χ0v) is 12.2. The van der Waals surface area contributed by atoms with E-state index in [9.17, 15) is 9.59 Å². The highest BCUT2D eigenvalue weighted by molar-refractivity contribution is 6.13. The maximum Gasteiger partial charge on any atom is 0.258 e. The van der Waals surface area contributed by atoms with Crippen molar-refractivity contribution in [2.45, 2.75) is 20.3 Å². The molecule has 0 saturated carbocycles. The Morgan fingerprint density at radius 1 is 1.00 bits per heavy atom. The first-order valence-electron chi connectivity index (χ1n) is 7.08. The van der Waals surface area contributed by atoms with Crippen molar-refractivity contribution < 1.29 is 9.59 Å². The van der Waals surface area contributed by atoms with Gasteiger partial charge in [-0.3, -0.25) is 9.59 Å². The molecule has 0 bridgehead atoms. The summed E-state index contributed by atoms with van der Waals surface area (Å²) in [6.45, 7) is 4.39. The Morgan fingerprint density at radius 3 is 2.38 bits per heavy atom. The van der Waals surface area contributed by atoms with Crippen LogP contribution in [0.4, 0.5) is 5.69 Å². The minimum absolute atomic E-state index is 0.0485. The molecule has 106 valence electrons. The molecule has 1 heterocycles. The van der Waals surface area contributed by atoms with E-state index in [4.69, 9.17) is 0 Å². The Bertz CT molecular complexity index is 716. The van der Waals surface area contributed by atoms with Gasteiger partial charge >= 0.3 is 0 Å². The van der Waals surface area contributed by atoms with Crippen LogP contribution in [0.5, 0.6) is 0 Å². The highest BCUT2D eigenvalue weighted by atomic mass is 16.2. The Balaban J connectivity index is 2.01.